The predicted octanol–water partition coefficient (Wildman–Crippen LogP) is 6.83. The fourth-order valence-electron chi connectivity index (χ4n) is 5.57. The largest absolute Gasteiger partial charge is 0.493 e. The van der Waals surface area contributed by atoms with Crippen molar-refractivity contribution in [2.24, 2.45) is 0 Å². The number of hydrogen-bond acceptors (Lipinski definition) is 6. The Bertz CT molecular complexity index is 1870. The lowest BCUT2D eigenvalue weighted by molar-refractivity contribution is -0.140. The van der Waals surface area contributed by atoms with E-state index in [1.54, 1.807) is 12.1 Å². The molecule has 0 fully saturated rings. The molecule has 2 amide bonds. The molecule has 0 heterocycles. The zero-order valence-electron chi connectivity index (χ0n) is 29.0. The Balaban J connectivity index is 1.87. The first-order valence-corrected chi connectivity index (χ1v) is 18.1. The molecule has 49 heavy (non-hydrogen) atoms. The van der Waals surface area contributed by atoms with E-state index in [9.17, 15) is 18.0 Å². The van der Waals surface area contributed by atoms with Gasteiger partial charge in [0, 0.05) is 29.0 Å². The maximum absolute atomic E-state index is 14.8. The Morgan fingerprint density at radius 3 is 2.04 bits per heavy atom. The standard InChI is InChI=1S/C38H44BrN3O6S/c1-26-18-27(2)20-31(19-26)42(49(45,46)32-16-17-34(47-6)35(23-32)48-7)25-36(43)41(24-29-14-11-15-30(39)21-29)33(37(44)40-38(3,4)5)22-28-12-9-8-10-13-28/h8-21,23,33H,22,24-25H2,1-7H3,(H,40,44). The number of halogens is 1. The molecule has 0 aromatic heterocycles. The number of nitrogens with zero attached hydrogens (tertiary/aromatic N) is 2. The first-order chi connectivity index (χ1) is 23.1. The summed E-state index contributed by atoms with van der Waals surface area (Å²) in [4.78, 5) is 30.3. The van der Waals surface area contributed by atoms with Crippen LogP contribution < -0.4 is 19.1 Å². The van der Waals surface area contributed by atoms with E-state index in [0.29, 0.717) is 11.4 Å². The van der Waals surface area contributed by atoms with Crippen LogP contribution in [0.2, 0.25) is 0 Å². The van der Waals surface area contributed by atoms with Gasteiger partial charge in [0.1, 0.15) is 12.6 Å². The van der Waals surface area contributed by atoms with Gasteiger partial charge in [0.25, 0.3) is 10.0 Å². The zero-order chi connectivity index (χ0) is 35.9. The Kier molecular flexibility index (Phi) is 12.2. The average molecular weight is 751 g/mol. The van der Waals surface area contributed by atoms with E-state index < -0.39 is 34.1 Å². The van der Waals surface area contributed by atoms with Crippen molar-refractivity contribution in [3.8, 4) is 11.5 Å². The molecule has 4 rings (SSSR count). The van der Waals surface area contributed by atoms with Crippen LogP contribution in [0.15, 0.2) is 100 Å². The molecule has 4 aromatic rings. The number of anilines is 1. The maximum Gasteiger partial charge on any atom is 0.264 e. The van der Waals surface area contributed by atoms with Crippen LogP contribution in [0.1, 0.15) is 43.0 Å². The number of carbonyl (C=O) groups is 2. The molecule has 260 valence electrons. The first-order valence-electron chi connectivity index (χ1n) is 15.8. The molecule has 0 aliphatic heterocycles. The topological polar surface area (TPSA) is 105 Å². The normalized spacial score (nSPS) is 12.2. The van der Waals surface area contributed by atoms with Gasteiger partial charge in [-0.3, -0.25) is 13.9 Å². The number of hydrogen-bond donors (Lipinski definition) is 1. The highest BCUT2D eigenvalue weighted by Gasteiger charge is 2.36. The predicted molar refractivity (Wildman–Crippen MR) is 197 cm³/mol. The molecule has 0 bridgehead atoms. The van der Waals surface area contributed by atoms with E-state index in [0.717, 1.165) is 31.0 Å². The van der Waals surface area contributed by atoms with Gasteiger partial charge < -0.3 is 19.7 Å². The minimum absolute atomic E-state index is 0.0599. The third-order valence-electron chi connectivity index (χ3n) is 7.73. The third kappa shape index (κ3) is 9.86. The number of methoxy groups -OCH3 is 2. The molecule has 0 spiro atoms. The molecule has 0 saturated heterocycles. The lowest BCUT2D eigenvalue weighted by atomic mass is 10.0. The van der Waals surface area contributed by atoms with E-state index in [4.69, 9.17) is 9.47 Å². The second kappa shape index (κ2) is 15.9. The molecule has 0 aliphatic carbocycles. The lowest BCUT2D eigenvalue weighted by Crippen LogP contribution is -2.56. The van der Waals surface area contributed by atoms with Crippen LogP contribution in [0.4, 0.5) is 5.69 Å². The van der Waals surface area contributed by atoms with Crippen molar-refractivity contribution in [3.05, 3.63) is 118 Å². The summed E-state index contributed by atoms with van der Waals surface area (Å²) < 4.78 is 41.7. The van der Waals surface area contributed by atoms with Crippen LogP contribution in [-0.4, -0.2) is 57.5 Å². The lowest BCUT2D eigenvalue weighted by Gasteiger charge is -2.35. The quantitative estimate of drug-likeness (QED) is 0.161. The number of carbonyl (C=O) groups excluding carboxylic acids is 2. The highest BCUT2D eigenvalue weighted by Crippen LogP contribution is 2.33. The van der Waals surface area contributed by atoms with E-state index >= 15 is 0 Å². The van der Waals surface area contributed by atoms with Crippen molar-refractivity contribution in [3.63, 3.8) is 0 Å². The minimum Gasteiger partial charge on any atom is -0.493 e. The Hall–Kier alpha value is -4.35. The molecule has 1 atom stereocenters. The monoisotopic (exact) mass is 749 g/mol. The molecule has 9 nitrogen and oxygen atoms in total. The third-order valence-corrected chi connectivity index (χ3v) is 9.99. The molecule has 1 unspecified atom stereocenters. The van der Waals surface area contributed by atoms with Gasteiger partial charge in [-0.1, -0.05) is 64.5 Å². The Morgan fingerprint density at radius 2 is 1.45 bits per heavy atom. The van der Waals surface area contributed by atoms with Crippen LogP contribution in [0.25, 0.3) is 0 Å². The number of rotatable bonds is 13. The summed E-state index contributed by atoms with van der Waals surface area (Å²) in [5.74, 6) is -0.300. The van der Waals surface area contributed by atoms with Gasteiger partial charge in [0.05, 0.1) is 24.8 Å². The maximum atomic E-state index is 14.8. The van der Waals surface area contributed by atoms with Crippen molar-refractivity contribution in [2.45, 2.75) is 64.1 Å². The van der Waals surface area contributed by atoms with Crippen molar-refractivity contribution in [2.75, 3.05) is 25.1 Å². The average Bonchev–Trinajstić information content (AvgIpc) is 3.03. The van der Waals surface area contributed by atoms with Crippen molar-refractivity contribution in [1.82, 2.24) is 10.2 Å². The summed E-state index contributed by atoms with van der Waals surface area (Å²) >= 11 is 3.52. The van der Waals surface area contributed by atoms with Gasteiger partial charge in [0.15, 0.2) is 11.5 Å². The molecule has 0 radical (unpaired) electrons. The van der Waals surface area contributed by atoms with Crippen LogP contribution in [0, 0.1) is 13.8 Å². The summed E-state index contributed by atoms with van der Waals surface area (Å²) in [6, 6.07) is 25.7. The van der Waals surface area contributed by atoms with E-state index in [1.165, 1.54) is 37.3 Å². The van der Waals surface area contributed by atoms with Gasteiger partial charge >= 0.3 is 0 Å². The number of aryl methyl sites for hydroxylation is 2. The molecule has 1 N–H and O–H groups in total. The van der Waals surface area contributed by atoms with Crippen LogP contribution >= 0.6 is 15.9 Å². The fourth-order valence-corrected chi connectivity index (χ4v) is 7.43. The molecule has 0 aliphatic rings. The van der Waals surface area contributed by atoms with Gasteiger partial charge in [-0.2, -0.15) is 0 Å². The second-order valence-corrected chi connectivity index (χ2v) is 15.7. The van der Waals surface area contributed by atoms with Gasteiger partial charge in [0.2, 0.25) is 11.8 Å². The van der Waals surface area contributed by atoms with Crippen molar-refractivity contribution >= 4 is 43.5 Å². The second-order valence-electron chi connectivity index (χ2n) is 13.0. The van der Waals surface area contributed by atoms with E-state index in [1.807, 2.05) is 95.3 Å². The first kappa shape index (κ1) is 37.5. The molecule has 4 aromatic carbocycles. The Morgan fingerprint density at radius 1 is 0.816 bits per heavy atom. The minimum atomic E-state index is -4.34. The summed E-state index contributed by atoms with van der Waals surface area (Å²) in [7, 11) is -1.45. The zero-order valence-corrected chi connectivity index (χ0v) is 31.4. The fraction of sp³-hybridized carbons (Fsp3) is 0.316. The van der Waals surface area contributed by atoms with Crippen LogP contribution in [0.3, 0.4) is 0 Å². The van der Waals surface area contributed by atoms with E-state index in [-0.39, 0.29) is 29.5 Å². The summed E-state index contributed by atoms with van der Waals surface area (Å²) in [5, 5.41) is 3.05. The molecule has 11 heteroatoms. The highest BCUT2D eigenvalue weighted by molar-refractivity contribution is 9.10. The van der Waals surface area contributed by atoms with Crippen molar-refractivity contribution in [1.29, 1.82) is 0 Å². The summed E-state index contributed by atoms with van der Waals surface area (Å²) in [5.41, 5.74) is 3.01. The smallest absolute Gasteiger partial charge is 0.264 e. The Labute approximate surface area is 298 Å². The van der Waals surface area contributed by atoms with Crippen LogP contribution in [-0.2, 0) is 32.6 Å². The molecular weight excluding hydrogens is 706 g/mol. The SMILES string of the molecule is COc1ccc(S(=O)(=O)N(CC(=O)N(Cc2cccc(Br)c2)C(Cc2ccccc2)C(=O)NC(C)(C)C)c2cc(C)cc(C)c2)cc1OC. The van der Waals surface area contributed by atoms with Gasteiger partial charge in [-0.25, -0.2) is 8.42 Å². The van der Waals surface area contributed by atoms with E-state index in [2.05, 4.69) is 21.2 Å². The number of amides is 2. The number of ether oxygens (including phenoxy) is 2. The number of sulfonamides is 1. The number of nitrogens with one attached hydrogen (secondary N) is 1. The van der Waals surface area contributed by atoms with Gasteiger partial charge in [-0.05, 0) is 93.3 Å². The van der Waals surface area contributed by atoms with Gasteiger partial charge in [-0.15, -0.1) is 0 Å². The van der Waals surface area contributed by atoms with Crippen molar-refractivity contribution < 1.29 is 27.5 Å². The molecular formula is C38H44BrN3O6S. The number of benzene rings is 4. The summed E-state index contributed by atoms with van der Waals surface area (Å²) in [6.45, 7) is 8.86. The van der Waals surface area contributed by atoms with Crippen LogP contribution in [0.5, 0.6) is 11.5 Å². The highest BCUT2D eigenvalue weighted by atomic mass is 79.9. The summed E-state index contributed by atoms with van der Waals surface area (Å²) in [6.07, 6.45) is 0.217. The molecule has 0 saturated carbocycles.